The molecule has 5 nitrogen and oxygen atoms in total. The third kappa shape index (κ3) is 4.35. The second-order valence-electron chi connectivity index (χ2n) is 6.92. The van der Waals surface area contributed by atoms with E-state index in [0.717, 1.165) is 12.8 Å². The van der Waals surface area contributed by atoms with E-state index >= 15 is 0 Å². The average Bonchev–Trinajstić information content (AvgIpc) is 2.78. The summed E-state index contributed by atoms with van der Waals surface area (Å²) in [6.45, 7) is 7.09. The van der Waals surface area contributed by atoms with E-state index in [-0.39, 0.29) is 24.5 Å². The maximum atomic E-state index is 11.2. The van der Waals surface area contributed by atoms with Gasteiger partial charge in [-0.25, -0.2) is 0 Å². The Hall–Kier alpha value is -0.763. The molecule has 1 aromatic rings. The van der Waals surface area contributed by atoms with Crippen LogP contribution in [0.4, 0.5) is 0 Å². The Morgan fingerprint density at radius 2 is 2.24 bits per heavy atom. The predicted octanol–water partition coefficient (Wildman–Crippen LogP) is 2.53. The molecule has 2 rings (SSSR count). The molecule has 3 atom stereocenters. The monoisotopic (exact) mass is 328 g/mol. The maximum absolute atomic E-state index is 11.2. The van der Waals surface area contributed by atoms with Gasteiger partial charge in [-0.15, -0.1) is 0 Å². The summed E-state index contributed by atoms with van der Waals surface area (Å²) in [5.41, 5.74) is -0.205. The Morgan fingerprint density at radius 3 is 2.81 bits per heavy atom. The lowest BCUT2D eigenvalue weighted by Gasteiger charge is -2.20. The standard InChI is InChI=1S/C14H24N2O3SSi/c1-21(2,3)7-5-10-8-13(19-11(10)9-17)16-6-4-12(18)15-14(16)20/h4,6,10-11,13,17H,5,7-9H2,1-3H3,(H,15,18,20)/t10-,11+,13+/m0/s1. The fraction of sp³-hybridized carbons (Fsp3) is 0.714. The van der Waals surface area contributed by atoms with E-state index in [2.05, 4.69) is 24.6 Å². The van der Waals surface area contributed by atoms with Crippen molar-refractivity contribution in [1.82, 2.24) is 9.55 Å². The van der Waals surface area contributed by atoms with Crippen LogP contribution in [0.5, 0.6) is 0 Å². The van der Waals surface area contributed by atoms with Crippen molar-refractivity contribution in [2.45, 2.75) is 50.9 Å². The number of hydrogen-bond acceptors (Lipinski definition) is 4. The van der Waals surface area contributed by atoms with Crippen LogP contribution in [0.2, 0.25) is 25.7 Å². The van der Waals surface area contributed by atoms with Gasteiger partial charge in [-0.05, 0) is 24.6 Å². The minimum absolute atomic E-state index is 0.0313. The number of rotatable bonds is 5. The first-order valence-electron chi connectivity index (χ1n) is 7.38. The Balaban J connectivity index is 2.11. The summed E-state index contributed by atoms with van der Waals surface area (Å²) in [4.78, 5) is 13.8. The summed E-state index contributed by atoms with van der Waals surface area (Å²) in [7, 11) is -1.10. The molecule has 0 radical (unpaired) electrons. The molecule has 0 bridgehead atoms. The van der Waals surface area contributed by atoms with E-state index in [1.54, 1.807) is 10.8 Å². The molecule has 1 aliphatic rings. The highest BCUT2D eigenvalue weighted by molar-refractivity contribution is 7.71. The van der Waals surface area contributed by atoms with E-state index in [9.17, 15) is 9.90 Å². The lowest BCUT2D eigenvalue weighted by atomic mass is 9.98. The van der Waals surface area contributed by atoms with Crippen molar-refractivity contribution < 1.29 is 9.84 Å². The van der Waals surface area contributed by atoms with Crippen LogP contribution >= 0.6 is 12.2 Å². The minimum Gasteiger partial charge on any atom is -0.394 e. The molecular weight excluding hydrogens is 304 g/mol. The van der Waals surface area contributed by atoms with E-state index in [1.165, 1.54) is 12.1 Å². The molecule has 2 N–H and O–H groups in total. The van der Waals surface area contributed by atoms with Gasteiger partial charge in [0, 0.05) is 20.3 Å². The number of H-pyrrole nitrogens is 1. The summed E-state index contributed by atoms with van der Waals surface area (Å²) in [6.07, 6.45) is 3.24. The van der Waals surface area contributed by atoms with Gasteiger partial charge in [-0.1, -0.05) is 32.1 Å². The summed E-state index contributed by atoms with van der Waals surface area (Å²) in [6, 6.07) is 2.67. The molecule has 0 spiro atoms. The van der Waals surface area contributed by atoms with Crippen molar-refractivity contribution in [3.63, 3.8) is 0 Å². The van der Waals surface area contributed by atoms with Gasteiger partial charge in [0.1, 0.15) is 6.23 Å². The molecule has 0 aromatic carbocycles. The highest BCUT2D eigenvalue weighted by atomic mass is 32.1. The van der Waals surface area contributed by atoms with Gasteiger partial charge >= 0.3 is 0 Å². The molecule has 1 fully saturated rings. The minimum atomic E-state index is -1.10. The van der Waals surface area contributed by atoms with Crippen molar-refractivity contribution in [2.24, 2.45) is 5.92 Å². The molecule has 21 heavy (non-hydrogen) atoms. The number of aromatic nitrogens is 2. The van der Waals surface area contributed by atoms with Crippen LogP contribution in [0.25, 0.3) is 0 Å². The number of aliphatic hydroxyl groups excluding tert-OH is 1. The fourth-order valence-corrected chi connectivity index (χ4v) is 4.24. The zero-order valence-electron chi connectivity index (χ0n) is 12.8. The molecule has 2 heterocycles. The first-order valence-corrected chi connectivity index (χ1v) is 11.5. The van der Waals surface area contributed by atoms with Crippen LogP contribution in [0, 0.1) is 10.7 Å². The van der Waals surface area contributed by atoms with Crippen molar-refractivity contribution >= 4 is 20.3 Å². The summed E-state index contributed by atoms with van der Waals surface area (Å²) >= 11 is 5.19. The van der Waals surface area contributed by atoms with E-state index in [1.807, 2.05) is 0 Å². The fourth-order valence-electron chi connectivity index (χ4n) is 2.73. The Bertz CT molecular complexity index is 593. The Labute approximate surface area is 131 Å². The van der Waals surface area contributed by atoms with Crippen LogP contribution in [-0.4, -0.2) is 35.4 Å². The molecule has 7 heteroatoms. The Morgan fingerprint density at radius 1 is 1.52 bits per heavy atom. The number of aliphatic hydroxyl groups is 1. The molecule has 1 aromatic heterocycles. The molecular formula is C14H24N2O3SSi. The second-order valence-corrected chi connectivity index (χ2v) is 12.9. The SMILES string of the molecule is C[Si](C)(C)CC[C@H]1C[C@H](n2ccc(=O)[nH]c2=S)O[C@@H]1CO. The van der Waals surface area contributed by atoms with E-state index in [0.29, 0.717) is 10.7 Å². The van der Waals surface area contributed by atoms with E-state index < -0.39 is 8.07 Å². The number of nitrogens with one attached hydrogen (secondary N) is 1. The average molecular weight is 329 g/mol. The summed E-state index contributed by atoms with van der Waals surface area (Å²) < 4.78 is 8.08. The van der Waals surface area contributed by atoms with Crippen molar-refractivity contribution in [3.8, 4) is 0 Å². The Kier molecular flexibility index (Phi) is 5.18. The van der Waals surface area contributed by atoms with Crippen LogP contribution in [0.1, 0.15) is 19.1 Å². The molecule has 1 aliphatic heterocycles. The van der Waals surface area contributed by atoms with Crippen LogP contribution in [0.15, 0.2) is 17.1 Å². The van der Waals surface area contributed by atoms with Gasteiger partial charge in [-0.2, -0.15) is 0 Å². The molecule has 0 amide bonds. The normalized spacial score (nSPS) is 26.2. The zero-order chi connectivity index (χ0) is 15.6. The molecule has 1 saturated heterocycles. The number of ether oxygens (including phenoxy) is 1. The van der Waals surface area contributed by atoms with E-state index in [4.69, 9.17) is 17.0 Å². The lowest BCUT2D eigenvalue weighted by molar-refractivity contribution is -0.0320. The van der Waals surface area contributed by atoms with Gasteiger partial charge < -0.3 is 9.84 Å². The van der Waals surface area contributed by atoms with Gasteiger partial charge in [0.05, 0.1) is 12.7 Å². The largest absolute Gasteiger partial charge is 0.394 e. The first-order chi connectivity index (χ1) is 9.80. The molecule has 0 unspecified atom stereocenters. The van der Waals surface area contributed by atoms with Crippen LogP contribution in [-0.2, 0) is 4.74 Å². The van der Waals surface area contributed by atoms with Gasteiger partial charge in [0.15, 0.2) is 4.77 Å². The van der Waals surface area contributed by atoms with Gasteiger partial charge in [0.2, 0.25) is 0 Å². The van der Waals surface area contributed by atoms with Crippen LogP contribution < -0.4 is 5.56 Å². The predicted molar refractivity (Wildman–Crippen MR) is 87.8 cm³/mol. The maximum Gasteiger partial charge on any atom is 0.251 e. The third-order valence-electron chi connectivity index (χ3n) is 3.97. The molecule has 0 saturated carbocycles. The zero-order valence-corrected chi connectivity index (χ0v) is 14.7. The second kappa shape index (κ2) is 6.56. The molecule has 0 aliphatic carbocycles. The summed E-state index contributed by atoms with van der Waals surface area (Å²) in [5, 5.41) is 9.54. The van der Waals surface area contributed by atoms with Crippen LogP contribution in [0.3, 0.4) is 0 Å². The molecule has 118 valence electrons. The highest BCUT2D eigenvalue weighted by Gasteiger charge is 2.36. The lowest BCUT2D eigenvalue weighted by Crippen LogP contribution is -2.25. The van der Waals surface area contributed by atoms with Gasteiger partial charge in [0.25, 0.3) is 5.56 Å². The number of hydrogen-bond donors (Lipinski definition) is 2. The quantitative estimate of drug-likeness (QED) is 0.644. The first kappa shape index (κ1) is 16.6. The highest BCUT2D eigenvalue weighted by Crippen LogP contribution is 2.37. The third-order valence-corrected chi connectivity index (χ3v) is 6.07. The smallest absolute Gasteiger partial charge is 0.251 e. The van der Waals surface area contributed by atoms with Crippen molar-refractivity contribution in [1.29, 1.82) is 0 Å². The van der Waals surface area contributed by atoms with Crippen molar-refractivity contribution in [3.05, 3.63) is 27.4 Å². The number of aromatic amines is 1. The van der Waals surface area contributed by atoms with Gasteiger partial charge in [-0.3, -0.25) is 14.3 Å². The summed E-state index contributed by atoms with van der Waals surface area (Å²) in [5.74, 6) is 0.348. The number of nitrogens with zero attached hydrogens (tertiary/aromatic N) is 1. The topological polar surface area (TPSA) is 67.2 Å². The van der Waals surface area contributed by atoms with Crippen molar-refractivity contribution in [2.75, 3.05) is 6.61 Å².